The molecule has 4 amide bonds. The van der Waals surface area contributed by atoms with E-state index in [-0.39, 0.29) is 29.7 Å². The van der Waals surface area contributed by atoms with E-state index in [4.69, 9.17) is 0 Å². The Bertz CT molecular complexity index is 2070. The first kappa shape index (κ1) is 35.6. The first-order valence-electron chi connectivity index (χ1n) is 19.5. The van der Waals surface area contributed by atoms with Gasteiger partial charge in [0.25, 0.3) is 23.6 Å². The molecule has 0 fully saturated rings. The van der Waals surface area contributed by atoms with Crippen LogP contribution in [0, 0.1) is 0 Å². The van der Waals surface area contributed by atoms with Gasteiger partial charge >= 0.3 is 0 Å². The van der Waals surface area contributed by atoms with E-state index in [0.29, 0.717) is 33.0 Å². The Morgan fingerprint density at radius 1 is 0.462 bits per heavy atom. The van der Waals surface area contributed by atoms with Crippen LogP contribution in [0.15, 0.2) is 73.8 Å². The molecule has 6 heteroatoms. The van der Waals surface area contributed by atoms with E-state index in [2.05, 4.69) is 13.2 Å². The molecule has 6 nitrogen and oxygen atoms in total. The molecule has 5 aromatic carbocycles. The van der Waals surface area contributed by atoms with Crippen LogP contribution in [0.1, 0.15) is 144 Å². The summed E-state index contributed by atoms with van der Waals surface area (Å²) in [6.45, 7) is 7.66. The van der Waals surface area contributed by atoms with Crippen molar-refractivity contribution < 1.29 is 19.2 Å². The number of nitrogens with zero attached hydrogens (tertiary/aromatic N) is 2. The minimum atomic E-state index is -0.310. The molecule has 0 N–H and O–H groups in total. The second-order valence-corrected chi connectivity index (χ2v) is 14.9. The summed E-state index contributed by atoms with van der Waals surface area (Å²) in [5.41, 5.74) is 2.18. The summed E-state index contributed by atoms with van der Waals surface area (Å²) < 4.78 is 0. The van der Waals surface area contributed by atoms with Crippen LogP contribution < -0.4 is 0 Å². The van der Waals surface area contributed by atoms with E-state index in [1.165, 1.54) is 63.3 Å². The number of fused-ring (bicyclic) bond motifs is 2. The van der Waals surface area contributed by atoms with Crippen LogP contribution >= 0.6 is 0 Å². The van der Waals surface area contributed by atoms with Crippen molar-refractivity contribution in [2.75, 3.05) is 7.05 Å². The molecule has 2 aliphatic rings. The first-order valence-corrected chi connectivity index (χ1v) is 19.5. The van der Waals surface area contributed by atoms with Gasteiger partial charge in [-0.05, 0) is 95.1 Å². The normalized spacial score (nSPS) is 14.3. The Hall–Kier alpha value is -4.84. The molecule has 0 aromatic heterocycles. The van der Waals surface area contributed by atoms with Gasteiger partial charge in [-0.3, -0.25) is 29.0 Å². The highest BCUT2D eigenvalue weighted by Crippen LogP contribution is 2.46. The van der Waals surface area contributed by atoms with Gasteiger partial charge in [0.05, 0.1) is 0 Å². The Kier molecular flexibility index (Phi) is 10.5. The number of benzene rings is 5. The molecule has 0 spiro atoms. The van der Waals surface area contributed by atoms with Gasteiger partial charge in [0, 0.05) is 46.1 Å². The van der Waals surface area contributed by atoms with Gasteiger partial charge < -0.3 is 0 Å². The minimum absolute atomic E-state index is 0.137. The molecule has 0 atom stereocenters. The highest BCUT2D eigenvalue weighted by atomic mass is 16.2. The average Bonchev–Trinajstić information content (AvgIpc) is 3.16. The van der Waals surface area contributed by atoms with Gasteiger partial charge in [0.15, 0.2) is 0 Å². The summed E-state index contributed by atoms with van der Waals surface area (Å²) in [7, 11) is 1.52. The van der Waals surface area contributed by atoms with Crippen molar-refractivity contribution in [3.8, 4) is 0 Å². The average molecular weight is 695 g/mol. The van der Waals surface area contributed by atoms with E-state index >= 15 is 0 Å². The van der Waals surface area contributed by atoms with Gasteiger partial charge in [0.2, 0.25) is 0 Å². The smallest absolute Gasteiger partial charge is 0.261 e. The molecule has 0 saturated carbocycles. The van der Waals surface area contributed by atoms with E-state index < -0.39 is 0 Å². The van der Waals surface area contributed by atoms with E-state index in [9.17, 15) is 19.2 Å². The predicted molar refractivity (Wildman–Crippen MR) is 213 cm³/mol. The second-order valence-electron chi connectivity index (χ2n) is 14.9. The molecule has 2 aliphatic heterocycles. The van der Waals surface area contributed by atoms with Crippen LogP contribution in [-0.2, 0) is 0 Å². The van der Waals surface area contributed by atoms with Crippen LogP contribution in [0.3, 0.4) is 0 Å². The van der Waals surface area contributed by atoms with Crippen LogP contribution in [0.5, 0.6) is 0 Å². The first-order chi connectivity index (χ1) is 25.4. The topological polar surface area (TPSA) is 74.8 Å². The summed E-state index contributed by atoms with van der Waals surface area (Å²) in [5.74, 6) is -1.02. The molecule has 0 unspecified atom stereocenters. The Morgan fingerprint density at radius 3 is 1.15 bits per heavy atom. The third-order valence-corrected chi connectivity index (χ3v) is 11.6. The summed E-state index contributed by atoms with van der Waals surface area (Å²) in [6, 6.07) is 15.2. The van der Waals surface area contributed by atoms with Gasteiger partial charge in [-0.15, -0.1) is 13.2 Å². The molecule has 52 heavy (non-hydrogen) atoms. The number of unbranched alkanes of at least 4 members (excludes halogenated alkanes) is 12. The lowest BCUT2D eigenvalue weighted by atomic mass is 9.82. The maximum Gasteiger partial charge on any atom is 0.261 e. The lowest BCUT2D eigenvalue weighted by Gasteiger charge is -2.35. The number of carbonyl (C=O) groups is 4. The minimum Gasteiger partial charge on any atom is -0.277 e. The Labute approximate surface area is 306 Å². The summed E-state index contributed by atoms with van der Waals surface area (Å²) >= 11 is 0. The number of amides is 4. The van der Waals surface area contributed by atoms with Gasteiger partial charge in [0.1, 0.15) is 0 Å². The van der Waals surface area contributed by atoms with Crippen molar-refractivity contribution in [2.24, 2.45) is 0 Å². The highest BCUT2D eigenvalue weighted by Gasteiger charge is 2.38. The Balaban J connectivity index is 1.21. The molecule has 7 rings (SSSR count). The van der Waals surface area contributed by atoms with E-state index in [0.717, 1.165) is 83.7 Å². The molecule has 0 radical (unpaired) electrons. The maximum atomic E-state index is 14.5. The fourth-order valence-corrected chi connectivity index (χ4v) is 8.89. The third-order valence-electron chi connectivity index (χ3n) is 11.6. The van der Waals surface area contributed by atoms with E-state index in [1.807, 2.05) is 60.7 Å². The van der Waals surface area contributed by atoms with Crippen molar-refractivity contribution >= 4 is 66.7 Å². The molecular weight excluding hydrogens is 645 g/mol. The van der Waals surface area contributed by atoms with Crippen LogP contribution in [-0.4, -0.2) is 46.5 Å². The number of hydrogen-bond acceptors (Lipinski definition) is 4. The summed E-state index contributed by atoms with van der Waals surface area (Å²) in [5, 5.41) is 6.80. The van der Waals surface area contributed by atoms with Crippen molar-refractivity contribution in [3.05, 3.63) is 96.1 Å². The zero-order valence-corrected chi connectivity index (χ0v) is 30.6. The highest BCUT2D eigenvalue weighted by molar-refractivity contribution is 6.41. The summed E-state index contributed by atoms with van der Waals surface area (Å²) in [6.07, 6.45) is 21.5. The van der Waals surface area contributed by atoms with Crippen molar-refractivity contribution in [2.45, 2.75) is 109 Å². The maximum absolute atomic E-state index is 14.5. The molecule has 0 aliphatic carbocycles. The zero-order valence-electron chi connectivity index (χ0n) is 30.6. The number of imide groups is 2. The van der Waals surface area contributed by atoms with Crippen LogP contribution in [0.4, 0.5) is 0 Å². The monoisotopic (exact) mass is 694 g/mol. The van der Waals surface area contributed by atoms with Gasteiger partial charge in [-0.25, -0.2) is 0 Å². The van der Waals surface area contributed by atoms with Crippen LogP contribution in [0.25, 0.3) is 43.1 Å². The van der Waals surface area contributed by atoms with E-state index in [1.54, 1.807) is 4.90 Å². The molecule has 0 saturated heterocycles. The standard InChI is InChI=1S/C46H50N2O4/c1-4-6-8-10-12-14-16-18-20-30(21-19-17-15-13-11-9-7-5-2)48-45(51)37-28-24-33-31-22-26-35-41-36(44(50)47(3)43(35)49)27-23-32(39(31)41)34-25-29-38(46(48)52)42(37)40(33)34/h4-5,22-30H,1-2,6-21H2,3H3. The SMILES string of the molecule is C=CCCCCCCCCC(CCCCCCCCC=C)N1C(=O)c2ccc3c4ccc5c6c(ccc(c7ccc(c2c37)C1=O)c64)C(=O)N(C)C5=O. The van der Waals surface area contributed by atoms with Crippen LogP contribution in [0.2, 0.25) is 0 Å². The summed E-state index contributed by atoms with van der Waals surface area (Å²) in [4.78, 5) is 58.2. The lowest BCUT2D eigenvalue weighted by Crippen LogP contribution is -2.47. The largest absolute Gasteiger partial charge is 0.277 e. The third kappa shape index (κ3) is 6.20. The molecule has 0 bridgehead atoms. The number of hydrogen-bond donors (Lipinski definition) is 0. The molecule has 268 valence electrons. The Morgan fingerprint density at radius 2 is 0.788 bits per heavy atom. The van der Waals surface area contributed by atoms with Crippen molar-refractivity contribution in [1.82, 2.24) is 9.80 Å². The molecule has 2 heterocycles. The number of carbonyl (C=O) groups excluding carboxylic acids is 4. The fraction of sp³-hybridized carbons (Fsp3) is 0.391. The van der Waals surface area contributed by atoms with Gasteiger partial charge in [-0.2, -0.15) is 0 Å². The quantitative estimate of drug-likeness (QED) is 0.0283. The predicted octanol–water partition coefficient (Wildman–Crippen LogP) is 11.5. The number of allylic oxidation sites excluding steroid dienone is 2. The zero-order chi connectivity index (χ0) is 36.4. The number of rotatable bonds is 19. The lowest BCUT2D eigenvalue weighted by molar-refractivity contribution is 0.0515. The second kappa shape index (κ2) is 15.4. The molecular formula is C46H50N2O4. The van der Waals surface area contributed by atoms with Crippen molar-refractivity contribution in [3.63, 3.8) is 0 Å². The fourth-order valence-electron chi connectivity index (χ4n) is 8.89. The van der Waals surface area contributed by atoms with Gasteiger partial charge in [-0.1, -0.05) is 101 Å². The van der Waals surface area contributed by atoms with Crippen molar-refractivity contribution in [1.29, 1.82) is 0 Å². The molecule has 5 aromatic rings.